The van der Waals surface area contributed by atoms with Crippen LogP contribution in [-0.4, -0.2) is 7.11 Å². The minimum Gasteiger partial charge on any atom is -0.497 e. The first kappa shape index (κ1) is 22.6. The van der Waals surface area contributed by atoms with E-state index in [2.05, 4.69) is 0 Å². The molecule has 0 saturated carbocycles. The molecule has 0 bridgehead atoms. The Morgan fingerprint density at radius 3 is 1.91 bits per heavy atom. The molecule has 1 nitrogen and oxygen atoms in total. The van der Waals surface area contributed by atoms with Crippen LogP contribution >= 0.6 is 0 Å². The van der Waals surface area contributed by atoms with Crippen molar-refractivity contribution in [1.29, 1.82) is 0 Å². The summed E-state index contributed by atoms with van der Waals surface area (Å²) in [5.74, 6) is -6.46. The van der Waals surface area contributed by atoms with Crippen molar-refractivity contribution in [2.45, 2.75) is 6.18 Å². The van der Waals surface area contributed by atoms with Gasteiger partial charge in [0.05, 0.1) is 12.7 Å². The number of alkyl halides is 3. The third kappa shape index (κ3) is 3.99. The fraction of sp³-hybridized carbons (Fsp3) is 0.0833. The predicted molar refractivity (Wildman–Crippen MR) is 106 cm³/mol. The molecular weight excluding hydrogens is 456 g/mol. The molecule has 0 radical (unpaired) electrons. The van der Waals surface area contributed by atoms with Gasteiger partial charge in [-0.05, 0) is 52.9 Å². The lowest BCUT2D eigenvalue weighted by Crippen LogP contribution is -2.11. The van der Waals surface area contributed by atoms with Gasteiger partial charge in [-0.2, -0.15) is 13.2 Å². The highest BCUT2D eigenvalue weighted by Gasteiger charge is 2.38. The second kappa shape index (κ2) is 8.06. The molecule has 0 unspecified atom stereocenters. The van der Waals surface area contributed by atoms with Crippen LogP contribution in [0.4, 0.5) is 35.1 Å². The zero-order valence-corrected chi connectivity index (χ0v) is 16.6. The molecule has 0 aliphatic rings. The van der Waals surface area contributed by atoms with Crippen LogP contribution in [0, 0.1) is 29.1 Å². The zero-order valence-electron chi connectivity index (χ0n) is 16.6. The van der Waals surface area contributed by atoms with Crippen LogP contribution in [0.3, 0.4) is 0 Å². The van der Waals surface area contributed by atoms with Crippen molar-refractivity contribution in [2.24, 2.45) is 0 Å². The highest BCUT2D eigenvalue weighted by molar-refractivity contribution is 5.89. The van der Waals surface area contributed by atoms with Gasteiger partial charge in [-0.3, -0.25) is 0 Å². The van der Waals surface area contributed by atoms with Gasteiger partial charge in [-0.25, -0.2) is 22.0 Å². The van der Waals surface area contributed by atoms with Crippen LogP contribution in [0.5, 0.6) is 5.75 Å². The summed E-state index contributed by atoms with van der Waals surface area (Å²) < 4.78 is 116. The number of fused-ring (bicyclic) bond motifs is 1. The Morgan fingerprint density at radius 2 is 1.33 bits per heavy atom. The van der Waals surface area contributed by atoms with Crippen molar-refractivity contribution in [2.75, 3.05) is 7.11 Å². The van der Waals surface area contributed by atoms with E-state index >= 15 is 0 Å². The fourth-order valence-electron chi connectivity index (χ4n) is 3.61. The van der Waals surface area contributed by atoms with Crippen molar-refractivity contribution >= 4 is 10.8 Å². The van der Waals surface area contributed by atoms with Crippen molar-refractivity contribution in [3.63, 3.8) is 0 Å². The molecule has 4 aromatic rings. The molecule has 170 valence electrons. The number of hydrogen-bond acceptors (Lipinski definition) is 1. The van der Waals surface area contributed by atoms with Gasteiger partial charge in [-0.1, -0.05) is 12.1 Å². The van der Waals surface area contributed by atoms with Crippen molar-refractivity contribution < 1.29 is 39.9 Å². The highest BCUT2D eigenvalue weighted by atomic mass is 19.4. The normalized spacial score (nSPS) is 11.8. The molecule has 0 N–H and O–H groups in total. The van der Waals surface area contributed by atoms with Crippen LogP contribution in [0.1, 0.15) is 5.56 Å². The van der Waals surface area contributed by atoms with Gasteiger partial charge in [0.25, 0.3) is 0 Å². The summed E-state index contributed by atoms with van der Waals surface area (Å²) in [6, 6.07) is 8.79. The fourth-order valence-corrected chi connectivity index (χ4v) is 3.61. The SMILES string of the molecule is COc1ccc(-c2cc(F)c(-c3ccc4c(F)c(C(F)(F)F)c(F)cc4c3)c(F)c2)c(F)c1. The lowest BCUT2D eigenvalue weighted by atomic mass is 9.96. The second-order valence-electron chi connectivity index (χ2n) is 7.14. The Kier molecular flexibility index (Phi) is 5.51. The Morgan fingerprint density at radius 1 is 0.667 bits per heavy atom. The first-order chi connectivity index (χ1) is 15.5. The standard InChI is InChI=1S/C24H12F8O/c1-33-14-3-5-15(17(25)10-14)13-7-18(26)21(19(27)8-13)11-2-4-16-12(6-11)9-20(28)22(23(16)29)24(30,31)32/h2-10H,1H3. The van der Waals surface area contributed by atoms with Crippen molar-refractivity contribution in [1.82, 2.24) is 0 Å². The van der Waals surface area contributed by atoms with E-state index in [9.17, 15) is 35.1 Å². The quantitative estimate of drug-likeness (QED) is 0.278. The van der Waals surface area contributed by atoms with Gasteiger partial charge in [0.1, 0.15) is 40.4 Å². The van der Waals surface area contributed by atoms with Gasteiger partial charge in [0.15, 0.2) is 0 Å². The number of halogens is 8. The average Bonchev–Trinajstić information content (AvgIpc) is 2.71. The van der Waals surface area contributed by atoms with Gasteiger partial charge in [0, 0.05) is 17.0 Å². The van der Waals surface area contributed by atoms with E-state index in [1.807, 2.05) is 0 Å². The lowest BCUT2D eigenvalue weighted by molar-refractivity contribution is -0.142. The largest absolute Gasteiger partial charge is 0.497 e. The van der Waals surface area contributed by atoms with Crippen LogP contribution in [0.15, 0.2) is 54.6 Å². The van der Waals surface area contributed by atoms with E-state index < -0.39 is 51.8 Å². The summed E-state index contributed by atoms with van der Waals surface area (Å²) in [5.41, 5.74) is -3.01. The molecule has 0 atom stereocenters. The molecule has 0 aliphatic heterocycles. The van der Waals surface area contributed by atoms with Crippen LogP contribution in [-0.2, 0) is 6.18 Å². The van der Waals surface area contributed by atoms with Gasteiger partial charge in [-0.15, -0.1) is 0 Å². The smallest absolute Gasteiger partial charge is 0.422 e. The van der Waals surface area contributed by atoms with E-state index in [0.717, 1.165) is 36.4 Å². The number of rotatable bonds is 3. The molecule has 0 spiro atoms. The molecule has 0 heterocycles. The maximum absolute atomic E-state index is 14.9. The number of benzene rings is 4. The maximum Gasteiger partial charge on any atom is 0.422 e. The van der Waals surface area contributed by atoms with E-state index in [-0.39, 0.29) is 27.8 Å². The Balaban J connectivity index is 1.83. The highest BCUT2D eigenvalue weighted by Crippen LogP contribution is 2.39. The van der Waals surface area contributed by atoms with Gasteiger partial charge >= 0.3 is 6.18 Å². The van der Waals surface area contributed by atoms with E-state index in [1.54, 1.807) is 0 Å². The van der Waals surface area contributed by atoms with E-state index in [1.165, 1.54) is 19.2 Å². The second-order valence-corrected chi connectivity index (χ2v) is 7.14. The Bertz CT molecular complexity index is 1370. The first-order valence-electron chi connectivity index (χ1n) is 9.33. The van der Waals surface area contributed by atoms with Gasteiger partial charge in [0.2, 0.25) is 0 Å². The van der Waals surface area contributed by atoms with Crippen molar-refractivity contribution in [3.8, 4) is 28.0 Å². The van der Waals surface area contributed by atoms with E-state index in [0.29, 0.717) is 6.07 Å². The lowest BCUT2D eigenvalue weighted by Gasteiger charge is -2.13. The Hall–Kier alpha value is -3.62. The number of methoxy groups -OCH3 is 1. The first-order valence-corrected chi connectivity index (χ1v) is 9.33. The molecule has 0 aliphatic carbocycles. The summed E-state index contributed by atoms with van der Waals surface area (Å²) in [6.07, 6.45) is -5.26. The van der Waals surface area contributed by atoms with Crippen LogP contribution in [0.2, 0.25) is 0 Å². The molecule has 4 rings (SSSR count). The molecule has 0 aromatic heterocycles. The van der Waals surface area contributed by atoms with Crippen molar-refractivity contribution in [3.05, 3.63) is 89.2 Å². The zero-order chi connectivity index (χ0) is 24.1. The third-order valence-corrected chi connectivity index (χ3v) is 5.13. The topological polar surface area (TPSA) is 9.23 Å². The summed E-state index contributed by atoms with van der Waals surface area (Å²) >= 11 is 0. The molecule has 0 amide bonds. The summed E-state index contributed by atoms with van der Waals surface area (Å²) in [7, 11) is 1.33. The molecule has 4 aromatic carbocycles. The monoisotopic (exact) mass is 468 g/mol. The van der Waals surface area contributed by atoms with Crippen LogP contribution in [0.25, 0.3) is 33.0 Å². The van der Waals surface area contributed by atoms with Crippen LogP contribution < -0.4 is 4.74 Å². The van der Waals surface area contributed by atoms with E-state index in [4.69, 9.17) is 4.74 Å². The summed E-state index contributed by atoms with van der Waals surface area (Å²) in [4.78, 5) is 0. The predicted octanol–water partition coefficient (Wildman–Crippen LogP) is 7.90. The molecular formula is C24H12F8O. The van der Waals surface area contributed by atoms with Gasteiger partial charge < -0.3 is 4.74 Å². The maximum atomic E-state index is 14.9. The average molecular weight is 468 g/mol. The summed E-state index contributed by atoms with van der Waals surface area (Å²) in [5, 5.41) is -0.884. The molecule has 33 heavy (non-hydrogen) atoms. The summed E-state index contributed by atoms with van der Waals surface area (Å²) in [6.45, 7) is 0. The minimum absolute atomic E-state index is 0.0949. The Labute approximate surface area is 181 Å². The molecule has 0 fully saturated rings. The third-order valence-electron chi connectivity index (χ3n) is 5.13. The minimum atomic E-state index is -5.26. The number of hydrogen-bond donors (Lipinski definition) is 0. The molecule has 0 saturated heterocycles. The molecule has 9 heteroatoms. The number of ether oxygens (including phenoxy) is 1.